The number of benzene rings is 1. The van der Waals surface area contributed by atoms with E-state index in [2.05, 4.69) is 27.4 Å². The molecule has 1 saturated carbocycles. The molecule has 150 valence electrons. The molecule has 2 aliphatic rings. The summed E-state index contributed by atoms with van der Waals surface area (Å²) in [5.41, 5.74) is 11.6. The molecule has 30 heavy (non-hydrogen) atoms. The number of rotatable bonds is 6. The number of aliphatic imine (C=N–C) groups is 1. The van der Waals surface area contributed by atoms with Crippen molar-refractivity contribution in [3.8, 4) is 5.75 Å². The quantitative estimate of drug-likeness (QED) is 0.655. The van der Waals surface area contributed by atoms with Crippen LogP contribution < -0.4 is 15.8 Å². The second-order valence-corrected chi connectivity index (χ2v) is 7.42. The highest BCUT2D eigenvalue weighted by Crippen LogP contribution is 2.38. The van der Waals surface area contributed by atoms with Crippen LogP contribution in [-0.2, 0) is 0 Å². The van der Waals surface area contributed by atoms with Crippen LogP contribution in [0.15, 0.2) is 59.9 Å². The molecule has 7 nitrogen and oxygen atoms in total. The summed E-state index contributed by atoms with van der Waals surface area (Å²) in [5.74, 6) is 1.54. The number of pyridine rings is 1. The molecular weight excluding hydrogens is 376 g/mol. The number of nitrogens with zero attached hydrogens (tertiary/aromatic N) is 4. The fraction of sp³-hybridized carbons (Fsp3) is 0.217. The molecular formula is C23H22N6O. The van der Waals surface area contributed by atoms with Crippen LogP contribution in [0.1, 0.15) is 36.1 Å². The van der Waals surface area contributed by atoms with Crippen LogP contribution in [0.5, 0.6) is 5.75 Å². The molecule has 2 aromatic heterocycles. The Hall–Kier alpha value is -3.74. The predicted molar refractivity (Wildman–Crippen MR) is 118 cm³/mol. The molecule has 3 heterocycles. The zero-order valence-corrected chi connectivity index (χ0v) is 16.7. The van der Waals surface area contributed by atoms with Gasteiger partial charge in [0.1, 0.15) is 0 Å². The minimum Gasteiger partial charge on any atom is -0.493 e. The summed E-state index contributed by atoms with van der Waals surface area (Å²) in [6.45, 7) is 0. The smallest absolute Gasteiger partial charge is 0.223 e. The van der Waals surface area contributed by atoms with Crippen LogP contribution in [0, 0.1) is 0 Å². The second-order valence-electron chi connectivity index (χ2n) is 7.42. The Morgan fingerprint density at radius 2 is 1.90 bits per heavy atom. The van der Waals surface area contributed by atoms with E-state index in [4.69, 9.17) is 20.4 Å². The monoisotopic (exact) mass is 398 g/mol. The van der Waals surface area contributed by atoms with Crippen molar-refractivity contribution in [1.82, 2.24) is 15.0 Å². The van der Waals surface area contributed by atoms with Crippen molar-refractivity contribution in [2.45, 2.75) is 25.3 Å². The number of anilines is 2. The lowest BCUT2D eigenvalue weighted by Crippen LogP contribution is -2.07. The van der Waals surface area contributed by atoms with E-state index in [1.165, 1.54) is 12.8 Å². The minimum atomic E-state index is 0.353. The summed E-state index contributed by atoms with van der Waals surface area (Å²) in [6, 6.07) is 14.5. The molecule has 5 rings (SSSR count). The first-order chi connectivity index (χ1) is 14.7. The normalized spacial score (nSPS) is 15.8. The second kappa shape index (κ2) is 7.59. The van der Waals surface area contributed by atoms with Crippen LogP contribution in [-0.4, -0.2) is 33.8 Å². The number of hydrogen-bond acceptors (Lipinski definition) is 7. The lowest BCUT2D eigenvalue weighted by molar-refractivity contribution is 0.415. The van der Waals surface area contributed by atoms with E-state index >= 15 is 0 Å². The summed E-state index contributed by atoms with van der Waals surface area (Å²) in [4.78, 5) is 18.4. The summed E-state index contributed by atoms with van der Waals surface area (Å²) in [5, 5.41) is 3.37. The molecule has 0 radical (unpaired) electrons. The molecule has 3 N–H and O–H groups in total. The molecule has 7 heteroatoms. The van der Waals surface area contributed by atoms with Crippen molar-refractivity contribution in [2.75, 3.05) is 18.2 Å². The van der Waals surface area contributed by atoms with Gasteiger partial charge in [-0.15, -0.1) is 0 Å². The summed E-state index contributed by atoms with van der Waals surface area (Å²) in [7, 11) is 1.58. The molecule has 3 aromatic rings. The van der Waals surface area contributed by atoms with Gasteiger partial charge < -0.3 is 15.8 Å². The molecule has 0 atom stereocenters. The fourth-order valence-electron chi connectivity index (χ4n) is 3.50. The number of aromatic nitrogens is 3. The van der Waals surface area contributed by atoms with Crippen molar-refractivity contribution in [3.63, 3.8) is 0 Å². The summed E-state index contributed by atoms with van der Waals surface area (Å²) < 4.78 is 5.37. The number of hydrogen-bond donors (Lipinski definition) is 2. The number of allylic oxidation sites excluding steroid dienone is 1. The first-order valence-corrected chi connectivity index (χ1v) is 9.97. The molecule has 0 bridgehead atoms. The van der Waals surface area contributed by atoms with E-state index in [0.717, 1.165) is 33.8 Å². The molecule has 0 spiro atoms. The van der Waals surface area contributed by atoms with Gasteiger partial charge in [-0.05, 0) is 30.5 Å². The van der Waals surface area contributed by atoms with Crippen molar-refractivity contribution >= 4 is 28.7 Å². The Morgan fingerprint density at radius 3 is 2.67 bits per heavy atom. The summed E-state index contributed by atoms with van der Waals surface area (Å²) in [6.07, 6.45) is 6.53. The lowest BCUT2D eigenvalue weighted by Gasteiger charge is -2.10. The van der Waals surface area contributed by atoms with Gasteiger partial charge in [-0.2, -0.15) is 0 Å². The number of nitrogens with two attached hydrogens (primary N) is 1. The predicted octanol–water partition coefficient (Wildman–Crippen LogP) is 3.80. The third kappa shape index (κ3) is 3.61. The van der Waals surface area contributed by atoms with Gasteiger partial charge >= 0.3 is 0 Å². The molecule has 1 aliphatic carbocycles. The Kier molecular flexibility index (Phi) is 4.63. The van der Waals surface area contributed by atoms with E-state index in [1.54, 1.807) is 19.5 Å². The van der Waals surface area contributed by atoms with Gasteiger partial charge in [0.05, 0.1) is 24.2 Å². The van der Waals surface area contributed by atoms with E-state index in [-0.39, 0.29) is 0 Å². The Balaban J connectivity index is 1.59. The van der Waals surface area contributed by atoms with Gasteiger partial charge in [-0.1, -0.05) is 30.3 Å². The molecule has 0 saturated heterocycles. The third-order valence-corrected chi connectivity index (χ3v) is 5.23. The maximum absolute atomic E-state index is 5.92. The molecule has 1 fully saturated rings. The van der Waals surface area contributed by atoms with Gasteiger partial charge in [0.15, 0.2) is 11.6 Å². The maximum Gasteiger partial charge on any atom is 0.223 e. The SMILES string of the molecule is COc1cc(C2=C(c3ccnc(NC4CC4)n3)CC(c3ccccc3)=N2)cnc1N. The highest BCUT2D eigenvalue weighted by atomic mass is 16.5. The third-order valence-electron chi connectivity index (χ3n) is 5.23. The van der Waals surface area contributed by atoms with Crippen LogP contribution in [0.2, 0.25) is 0 Å². The molecule has 1 aromatic carbocycles. The Bertz CT molecular complexity index is 1150. The van der Waals surface area contributed by atoms with Crippen LogP contribution >= 0.6 is 0 Å². The Labute approximate surface area is 174 Å². The minimum absolute atomic E-state index is 0.353. The standard InChI is InChI=1S/C23H22N6O/c1-30-20-11-15(13-26-22(20)24)21-17(12-19(28-21)14-5-3-2-4-6-14)18-9-10-25-23(29-18)27-16-7-8-16/h2-6,9-11,13,16H,7-8,12H2,1H3,(H2,24,26)(H,25,27,29). The van der Waals surface area contributed by atoms with E-state index in [0.29, 0.717) is 30.0 Å². The van der Waals surface area contributed by atoms with E-state index in [1.807, 2.05) is 30.3 Å². The molecule has 1 aliphatic heterocycles. The van der Waals surface area contributed by atoms with Gasteiger partial charge in [0.2, 0.25) is 5.95 Å². The highest BCUT2D eigenvalue weighted by molar-refractivity contribution is 6.16. The average molecular weight is 398 g/mol. The van der Waals surface area contributed by atoms with Crippen molar-refractivity contribution < 1.29 is 4.74 Å². The number of methoxy groups -OCH3 is 1. The zero-order valence-electron chi connectivity index (χ0n) is 16.7. The van der Waals surface area contributed by atoms with E-state index in [9.17, 15) is 0 Å². The topological polar surface area (TPSA) is 98.3 Å². The first kappa shape index (κ1) is 18.3. The van der Waals surface area contributed by atoms with Crippen LogP contribution in [0.25, 0.3) is 11.3 Å². The maximum atomic E-state index is 5.92. The number of ether oxygens (including phenoxy) is 1. The van der Waals surface area contributed by atoms with Crippen LogP contribution in [0.4, 0.5) is 11.8 Å². The first-order valence-electron chi connectivity index (χ1n) is 9.97. The Morgan fingerprint density at radius 1 is 1.07 bits per heavy atom. The lowest BCUT2D eigenvalue weighted by atomic mass is 10.00. The highest BCUT2D eigenvalue weighted by Gasteiger charge is 2.25. The molecule has 0 unspecified atom stereocenters. The van der Waals surface area contributed by atoms with Gasteiger partial charge in [-0.25, -0.2) is 15.0 Å². The van der Waals surface area contributed by atoms with Gasteiger partial charge in [0, 0.05) is 36.0 Å². The average Bonchev–Trinajstić information content (AvgIpc) is 3.48. The number of nitrogen functional groups attached to an aromatic ring is 1. The van der Waals surface area contributed by atoms with Gasteiger partial charge in [-0.3, -0.25) is 4.99 Å². The largest absolute Gasteiger partial charge is 0.493 e. The van der Waals surface area contributed by atoms with Crippen LogP contribution in [0.3, 0.4) is 0 Å². The molecule has 0 amide bonds. The fourth-order valence-corrected chi connectivity index (χ4v) is 3.50. The van der Waals surface area contributed by atoms with E-state index < -0.39 is 0 Å². The summed E-state index contributed by atoms with van der Waals surface area (Å²) >= 11 is 0. The van der Waals surface area contributed by atoms with Crippen molar-refractivity contribution in [1.29, 1.82) is 0 Å². The van der Waals surface area contributed by atoms with Crippen molar-refractivity contribution in [2.24, 2.45) is 4.99 Å². The zero-order chi connectivity index (χ0) is 20.5. The van der Waals surface area contributed by atoms with Gasteiger partial charge in [0.25, 0.3) is 0 Å². The van der Waals surface area contributed by atoms with Crippen molar-refractivity contribution in [3.05, 3.63) is 71.7 Å². The number of nitrogens with one attached hydrogen (secondary N) is 1.